The van der Waals surface area contributed by atoms with Gasteiger partial charge in [-0.05, 0) is 18.1 Å². The Balaban J connectivity index is 1.38. The van der Waals surface area contributed by atoms with Crippen molar-refractivity contribution >= 4 is 23.8 Å². The number of likely N-dealkylation sites (tertiary alicyclic amines) is 1. The number of nitrogens with zero attached hydrogens (tertiary/aromatic N) is 1. The van der Waals surface area contributed by atoms with Crippen LogP contribution in [0.15, 0.2) is 29.2 Å². The fraction of sp³-hybridized carbons (Fsp3) is 0.500. The molecule has 3 aliphatic heterocycles. The predicted molar refractivity (Wildman–Crippen MR) is 80.8 cm³/mol. The summed E-state index contributed by atoms with van der Waals surface area (Å²) in [6, 6.07) is 8.20. The van der Waals surface area contributed by atoms with Crippen molar-refractivity contribution in [1.29, 1.82) is 0 Å². The predicted octanol–water partition coefficient (Wildman–Crippen LogP) is 2.23. The maximum absolute atomic E-state index is 12.7. The van der Waals surface area contributed by atoms with Crippen molar-refractivity contribution in [2.45, 2.75) is 35.0 Å². The highest BCUT2D eigenvalue weighted by Crippen LogP contribution is 2.39. The van der Waals surface area contributed by atoms with Gasteiger partial charge in [-0.1, -0.05) is 18.2 Å². The van der Waals surface area contributed by atoms with Crippen molar-refractivity contribution in [3.05, 3.63) is 29.8 Å². The molecule has 22 heavy (non-hydrogen) atoms. The molecular formula is C16H17NO4S. The number of cyclic esters (lactones) is 1. The molecule has 0 N–H and O–H groups in total. The molecule has 0 saturated carbocycles. The monoisotopic (exact) mass is 319 g/mol. The second-order valence-electron chi connectivity index (χ2n) is 6.07. The quantitative estimate of drug-likeness (QED) is 0.743. The number of rotatable bonds is 1. The number of hydrogen-bond acceptors (Lipinski definition) is 5. The molecule has 2 fully saturated rings. The number of benzene rings is 1. The van der Waals surface area contributed by atoms with Crippen molar-refractivity contribution in [2.75, 3.05) is 19.7 Å². The first-order valence-corrected chi connectivity index (χ1v) is 8.42. The van der Waals surface area contributed by atoms with E-state index in [0.29, 0.717) is 32.5 Å². The van der Waals surface area contributed by atoms with Crippen LogP contribution < -0.4 is 0 Å². The first kappa shape index (κ1) is 13.9. The van der Waals surface area contributed by atoms with Crippen LogP contribution in [0.4, 0.5) is 4.79 Å². The molecule has 1 aromatic carbocycles. The van der Waals surface area contributed by atoms with Crippen LogP contribution in [0.3, 0.4) is 0 Å². The van der Waals surface area contributed by atoms with Crippen molar-refractivity contribution in [3.8, 4) is 0 Å². The molecule has 3 aliphatic rings. The minimum atomic E-state index is -0.582. The molecule has 1 spiro atoms. The standard InChI is InChI=1S/C16H17NO4S/c18-14(13-9-11-3-1-2-4-12(11)22-13)17-7-5-16(6-8-17)10-20-15(19)21-16/h1-4,13H,5-10H2. The molecule has 1 aromatic rings. The van der Waals surface area contributed by atoms with Crippen LogP contribution in [0, 0.1) is 0 Å². The van der Waals surface area contributed by atoms with E-state index in [0.717, 1.165) is 6.42 Å². The smallest absolute Gasteiger partial charge is 0.430 e. The minimum absolute atomic E-state index is 0.0196. The Morgan fingerprint density at radius 2 is 2.05 bits per heavy atom. The molecule has 5 nitrogen and oxygen atoms in total. The van der Waals surface area contributed by atoms with E-state index < -0.39 is 11.8 Å². The maximum atomic E-state index is 12.7. The Hall–Kier alpha value is -1.69. The molecule has 3 heterocycles. The van der Waals surface area contributed by atoms with Gasteiger partial charge in [0, 0.05) is 30.8 Å². The molecule has 0 bridgehead atoms. The van der Waals surface area contributed by atoms with E-state index >= 15 is 0 Å². The third-order valence-electron chi connectivity index (χ3n) is 4.66. The number of carbonyl (C=O) groups is 2. The molecular weight excluding hydrogens is 302 g/mol. The molecule has 1 amide bonds. The minimum Gasteiger partial charge on any atom is -0.430 e. The third-order valence-corrected chi connectivity index (χ3v) is 5.97. The van der Waals surface area contributed by atoms with Gasteiger partial charge in [0.15, 0.2) is 5.60 Å². The van der Waals surface area contributed by atoms with E-state index in [2.05, 4.69) is 12.1 Å². The van der Waals surface area contributed by atoms with Crippen LogP contribution in [0.5, 0.6) is 0 Å². The van der Waals surface area contributed by atoms with Gasteiger partial charge in [-0.2, -0.15) is 0 Å². The highest BCUT2D eigenvalue weighted by molar-refractivity contribution is 8.01. The van der Waals surface area contributed by atoms with Crippen LogP contribution in [-0.2, 0) is 20.7 Å². The summed E-state index contributed by atoms with van der Waals surface area (Å²) in [6.45, 7) is 1.57. The fourth-order valence-electron chi connectivity index (χ4n) is 3.33. The van der Waals surface area contributed by atoms with Gasteiger partial charge in [-0.3, -0.25) is 4.79 Å². The summed E-state index contributed by atoms with van der Waals surface area (Å²) in [7, 11) is 0. The van der Waals surface area contributed by atoms with E-state index in [1.807, 2.05) is 17.0 Å². The number of fused-ring (bicyclic) bond motifs is 1. The van der Waals surface area contributed by atoms with Crippen LogP contribution in [-0.4, -0.2) is 47.5 Å². The number of hydrogen-bond donors (Lipinski definition) is 0. The van der Waals surface area contributed by atoms with Crippen molar-refractivity contribution < 1.29 is 19.1 Å². The molecule has 6 heteroatoms. The first-order chi connectivity index (χ1) is 10.7. The average molecular weight is 319 g/mol. The normalized spacial score (nSPS) is 25.7. The molecule has 0 radical (unpaired) electrons. The molecule has 0 aliphatic carbocycles. The Morgan fingerprint density at radius 1 is 1.27 bits per heavy atom. The molecule has 0 aromatic heterocycles. The summed E-state index contributed by atoms with van der Waals surface area (Å²) in [4.78, 5) is 27.0. The Labute approximate surface area is 132 Å². The Bertz CT molecular complexity index is 599. The average Bonchev–Trinajstić information content (AvgIpc) is 3.11. The van der Waals surface area contributed by atoms with Gasteiger partial charge < -0.3 is 14.4 Å². The zero-order valence-corrected chi connectivity index (χ0v) is 12.9. The van der Waals surface area contributed by atoms with Crippen LogP contribution in [0.2, 0.25) is 0 Å². The number of carbonyl (C=O) groups excluding carboxylic acids is 2. The Kier molecular flexibility index (Phi) is 3.29. The summed E-state index contributed by atoms with van der Waals surface area (Å²) in [6.07, 6.45) is 1.55. The van der Waals surface area contributed by atoms with Crippen molar-refractivity contribution in [3.63, 3.8) is 0 Å². The second-order valence-corrected chi connectivity index (χ2v) is 7.31. The second kappa shape index (κ2) is 5.19. The van der Waals surface area contributed by atoms with Crippen LogP contribution in [0.25, 0.3) is 0 Å². The summed E-state index contributed by atoms with van der Waals surface area (Å²) in [5.74, 6) is 0.196. The zero-order chi connectivity index (χ0) is 15.2. The maximum Gasteiger partial charge on any atom is 0.509 e. The van der Waals surface area contributed by atoms with E-state index in [9.17, 15) is 9.59 Å². The first-order valence-electron chi connectivity index (χ1n) is 7.54. The highest BCUT2D eigenvalue weighted by atomic mass is 32.2. The van der Waals surface area contributed by atoms with Gasteiger partial charge in [0.1, 0.15) is 6.61 Å². The van der Waals surface area contributed by atoms with E-state index in [1.165, 1.54) is 10.5 Å². The van der Waals surface area contributed by atoms with Gasteiger partial charge in [-0.15, -0.1) is 11.8 Å². The summed E-state index contributed by atoms with van der Waals surface area (Å²) >= 11 is 1.66. The van der Waals surface area contributed by atoms with E-state index in [1.54, 1.807) is 11.8 Å². The molecule has 2 saturated heterocycles. The zero-order valence-electron chi connectivity index (χ0n) is 12.1. The van der Waals surface area contributed by atoms with Gasteiger partial charge in [0.2, 0.25) is 5.91 Å². The van der Waals surface area contributed by atoms with E-state index in [4.69, 9.17) is 9.47 Å². The number of piperidine rings is 1. The van der Waals surface area contributed by atoms with Gasteiger partial charge in [0.25, 0.3) is 0 Å². The number of ether oxygens (including phenoxy) is 2. The van der Waals surface area contributed by atoms with Gasteiger partial charge in [-0.25, -0.2) is 4.79 Å². The molecule has 4 rings (SSSR count). The van der Waals surface area contributed by atoms with E-state index in [-0.39, 0.29) is 11.2 Å². The number of amides is 1. The topological polar surface area (TPSA) is 55.8 Å². The van der Waals surface area contributed by atoms with Gasteiger partial charge in [0.05, 0.1) is 5.25 Å². The lowest BCUT2D eigenvalue weighted by Gasteiger charge is -2.37. The van der Waals surface area contributed by atoms with Crippen LogP contribution in [0.1, 0.15) is 18.4 Å². The molecule has 1 atom stereocenters. The largest absolute Gasteiger partial charge is 0.509 e. The summed E-state index contributed by atoms with van der Waals surface area (Å²) in [5.41, 5.74) is 0.761. The van der Waals surface area contributed by atoms with Crippen molar-refractivity contribution in [2.24, 2.45) is 0 Å². The summed E-state index contributed by atoms with van der Waals surface area (Å²) in [5, 5.41) is -0.0196. The third kappa shape index (κ3) is 2.35. The van der Waals surface area contributed by atoms with Crippen LogP contribution >= 0.6 is 11.8 Å². The lowest BCUT2D eigenvalue weighted by Crippen LogP contribution is -2.50. The van der Waals surface area contributed by atoms with Crippen molar-refractivity contribution in [1.82, 2.24) is 4.90 Å². The number of thioether (sulfide) groups is 1. The molecule has 1 unspecified atom stereocenters. The molecule has 116 valence electrons. The van der Waals surface area contributed by atoms with Gasteiger partial charge >= 0.3 is 6.16 Å². The fourth-order valence-corrected chi connectivity index (χ4v) is 4.61. The highest BCUT2D eigenvalue weighted by Gasteiger charge is 2.46. The SMILES string of the molecule is O=C1OCC2(CCN(C(=O)C3Cc4ccccc4S3)CC2)O1. The summed E-state index contributed by atoms with van der Waals surface area (Å²) < 4.78 is 10.2. The lowest BCUT2D eigenvalue weighted by molar-refractivity contribution is -0.134. The lowest BCUT2D eigenvalue weighted by atomic mass is 9.92. The Morgan fingerprint density at radius 3 is 2.73 bits per heavy atom.